The van der Waals surface area contributed by atoms with Crippen molar-refractivity contribution < 1.29 is 22.7 Å². The summed E-state index contributed by atoms with van der Waals surface area (Å²) < 4.78 is 42.4. The van der Waals surface area contributed by atoms with E-state index < -0.39 is 29.4 Å². The number of hydrogen-bond donors (Lipinski definition) is 0. The number of aromatic nitrogens is 2. The average Bonchev–Trinajstić information content (AvgIpc) is 2.28. The zero-order chi connectivity index (χ0) is 13.8. The third-order valence-corrected chi connectivity index (χ3v) is 1.67. The van der Waals surface area contributed by atoms with Crippen molar-refractivity contribution in [3.63, 3.8) is 0 Å². The Bertz CT molecular complexity index is 510. The highest BCUT2D eigenvalue weighted by molar-refractivity contribution is 5.90. The van der Waals surface area contributed by atoms with Crippen molar-refractivity contribution in [1.29, 1.82) is 0 Å². The molecule has 1 rings (SSSR count). The molecular formula is C8H6F3N5O2. The Kier molecular flexibility index (Phi) is 4.05. The number of ether oxygens (including phenoxy) is 1. The molecular weight excluding hydrogens is 255 g/mol. The zero-order valence-corrected chi connectivity index (χ0v) is 8.97. The van der Waals surface area contributed by atoms with Crippen LogP contribution in [0.15, 0.2) is 11.3 Å². The molecule has 0 amide bonds. The summed E-state index contributed by atoms with van der Waals surface area (Å²) in [6, 6.07) is 0. The van der Waals surface area contributed by atoms with Crippen molar-refractivity contribution in [2.45, 2.75) is 13.1 Å². The third kappa shape index (κ3) is 3.08. The molecule has 0 N–H and O–H groups in total. The van der Waals surface area contributed by atoms with E-state index in [0.29, 0.717) is 6.20 Å². The van der Waals surface area contributed by atoms with Gasteiger partial charge in [0.1, 0.15) is 5.56 Å². The lowest BCUT2D eigenvalue weighted by molar-refractivity contribution is -0.141. The number of carbonyl (C=O) groups excluding carboxylic acids is 1. The van der Waals surface area contributed by atoms with Crippen LogP contribution in [0.4, 0.5) is 19.1 Å². The SMILES string of the molecule is CCOC(=O)c1cnc(N=[N+]=[N-])nc1C(F)(F)F. The third-order valence-electron chi connectivity index (χ3n) is 1.67. The van der Waals surface area contributed by atoms with Gasteiger partial charge in [-0.3, -0.25) is 0 Å². The molecule has 0 atom stereocenters. The van der Waals surface area contributed by atoms with Crippen molar-refractivity contribution >= 4 is 11.9 Å². The lowest BCUT2D eigenvalue weighted by atomic mass is 10.2. The first kappa shape index (κ1) is 13.7. The van der Waals surface area contributed by atoms with Crippen LogP contribution >= 0.6 is 0 Å². The predicted molar refractivity (Wildman–Crippen MR) is 51.8 cm³/mol. The Morgan fingerprint density at radius 3 is 2.78 bits per heavy atom. The molecule has 7 nitrogen and oxygen atoms in total. The lowest BCUT2D eigenvalue weighted by Gasteiger charge is -2.10. The first-order valence-corrected chi connectivity index (χ1v) is 4.56. The van der Waals surface area contributed by atoms with Crippen LogP contribution in [0.5, 0.6) is 0 Å². The van der Waals surface area contributed by atoms with E-state index >= 15 is 0 Å². The maximum Gasteiger partial charge on any atom is 0.434 e. The zero-order valence-electron chi connectivity index (χ0n) is 8.97. The van der Waals surface area contributed by atoms with E-state index in [4.69, 9.17) is 5.53 Å². The highest BCUT2D eigenvalue weighted by atomic mass is 19.4. The molecule has 0 aliphatic carbocycles. The minimum Gasteiger partial charge on any atom is -0.462 e. The van der Waals surface area contributed by atoms with E-state index in [2.05, 4.69) is 24.7 Å². The van der Waals surface area contributed by atoms with E-state index in [-0.39, 0.29) is 6.61 Å². The summed E-state index contributed by atoms with van der Waals surface area (Å²) in [5.41, 5.74) is 5.75. The molecule has 0 aliphatic rings. The van der Waals surface area contributed by atoms with Gasteiger partial charge in [0.05, 0.1) is 6.61 Å². The van der Waals surface area contributed by atoms with Crippen molar-refractivity contribution in [2.24, 2.45) is 5.11 Å². The van der Waals surface area contributed by atoms with Crippen molar-refractivity contribution in [3.8, 4) is 0 Å². The number of azide groups is 1. The largest absolute Gasteiger partial charge is 0.462 e. The molecule has 0 saturated carbocycles. The first-order valence-electron chi connectivity index (χ1n) is 4.56. The van der Waals surface area contributed by atoms with Crippen molar-refractivity contribution in [3.05, 3.63) is 27.9 Å². The fourth-order valence-corrected chi connectivity index (χ4v) is 1.04. The van der Waals surface area contributed by atoms with Gasteiger partial charge in [-0.15, -0.1) is 0 Å². The summed E-state index contributed by atoms with van der Waals surface area (Å²) in [5, 5.41) is 2.83. The van der Waals surface area contributed by atoms with Crippen molar-refractivity contribution in [2.75, 3.05) is 6.61 Å². The number of rotatable bonds is 3. The van der Waals surface area contributed by atoms with Crippen LogP contribution in [0.2, 0.25) is 0 Å². The summed E-state index contributed by atoms with van der Waals surface area (Å²) in [4.78, 5) is 19.8. The van der Waals surface area contributed by atoms with Crippen LogP contribution < -0.4 is 0 Å². The van der Waals surface area contributed by atoms with E-state index in [1.165, 1.54) is 6.92 Å². The second-order valence-corrected chi connectivity index (χ2v) is 2.84. The van der Waals surface area contributed by atoms with Gasteiger partial charge in [0.2, 0.25) is 5.95 Å². The standard InChI is InChI=1S/C8H6F3N5O2/c1-2-18-6(17)4-3-13-7(15-16-12)14-5(4)8(9,10)11/h3H,2H2,1H3. The van der Waals surface area contributed by atoms with Gasteiger partial charge in [-0.25, -0.2) is 14.8 Å². The minimum atomic E-state index is -4.88. The quantitative estimate of drug-likeness (QED) is 0.361. The van der Waals surface area contributed by atoms with Gasteiger partial charge in [0, 0.05) is 11.1 Å². The monoisotopic (exact) mass is 261 g/mol. The molecule has 1 aromatic heterocycles. The number of halogens is 3. The number of nitrogens with zero attached hydrogens (tertiary/aromatic N) is 5. The van der Waals surface area contributed by atoms with Crippen LogP contribution in [0.1, 0.15) is 23.0 Å². The fraction of sp³-hybridized carbons (Fsp3) is 0.375. The van der Waals surface area contributed by atoms with Crippen LogP contribution in [-0.2, 0) is 10.9 Å². The summed E-state index contributed by atoms with van der Waals surface area (Å²) in [6.07, 6.45) is -4.28. The number of esters is 1. The van der Waals surface area contributed by atoms with Crippen LogP contribution in [0, 0.1) is 0 Å². The van der Waals surface area contributed by atoms with E-state index in [9.17, 15) is 18.0 Å². The van der Waals surface area contributed by atoms with Crippen LogP contribution in [0.3, 0.4) is 0 Å². The molecule has 0 radical (unpaired) electrons. The summed E-state index contributed by atoms with van der Waals surface area (Å²) in [5.74, 6) is -1.92. The maximum absolute atomic E-state index is 12.6. The number of carbonyl (C=O) groups is 1. The molecule has 1 aromatic rings. The second kappa shape index (κ2) is 5.32. The van der Waals surface area contributed by atoms with Gasteiger partial charge in [-0.05, 0) is 17.6 Å². The predicted octanol–water partition coefficient (Wildman–Crippen LogP) is 2.61. The average molecular weight is 261 g/mol. The lowest BCUT2D eigenvalue weighted by Crippen LogP contribution is -2.17. The molecule has 0 bridgehead atoms. The van der Waals surface area contributed by atoms with E-state index in [1.807, 2.05) is 0 Å². The molecule has 1 heterocycles. The Labute approximate surface area is 98.2 Å². The normalized spacial score (nSPS) is 10.7. The van der Waals surface area contributed by atoms with Gasteiger partial charge in [-0.2, -0.15) is 13.2 Å². The topological polar surface area (TPSA) is 101 Å². The van der Waals surface area contributed by atoms with Crippen molar-refractivity contribution in [1.82, 2.24) is 9.97 Å². The minimum absolute atomic E-state index is 0.0891. The Morgan fingerprint density at radius 1 is 1.61 bits per heavy atom. The smallest absolute Gasteiger partial charge is 0.434 e. The molecule has 0 unspecified atom stereocenters. The summed E-state index contributed by atoms with van der Waals surface area (Å²) in [6.45, 7) is 1.36. The van der Waals surface area contributed by atoms with Gasteiger partial charge in [-0.1, -0.05) is 0 Å². The van der Waals surface area contributed by atoms with Crippen LogP contribution in [0.25, 0.3) is 10.4 Å². The molecule has 0 aliphatic heterocycles. The van der Waals surface area contributed by atoms with Gasteiger partial charge < -0.3 is 4.74 Å². The summed E-state index contributed by atoms with van der Waals surface area (Å²) in [7, 11) is 0. The molecule has 0 aromatic carbocycles. The van der Waals surface area contributed by atoms with E-state index in [1.54, 1.807) is 0 Å². The highest BCUT2D eigenvalue weighted by Crippen LogP contribution is 2.31. The highest BCUT2D eigenvalue weighted by Gasteiger charge is 2.38. The molecule has 96 valence electrons. The van der Waals surface area contributed by atoms with Gasteiger partial charge in [0.25, 0.3) is 0 Å². The summed E-state index contributed by atoms with van der Waals surface area (Å²) >= 11 is 0. The molecule has 18 heavy (non-hydrogen) atoms. The Hall–Kier alpha value is -2.35. The molecule has 0 spiro atoms. The van der Waals surface area contributed by atoms with Crippen LogP contribution in [-0.4, -0.2) is 22.5 Å². The van der Waals surface area contributed by atoms with Gasteiger partial charge >= 0.3 is 12.1 Å². The Morgan fingerprint density at radius 2 is 2.28 bits per heavy atom. The van der Waals surface area contributed by atoms with Gasteiger partial charge in [0.15, 0.2) is 5.69 Å². The second-order valence-electron chi connectivity index (χ2n) is 2.84. The maximum atomic E-state index is 12.6. The number of alkyl halides is 3. The fourth-order valence-electron chi connectivity index (χ4n) is 1.04. The first-order chi connectivity index (χ1) is 8.40. The van der Waals surface area contributed by atoms with E-state index in [0.717, 1.165) is 0 Å². The Balaban J connectivity index is 3.34. The molecule has 10 heteroatoms. The molecule has 0 saturated heterocycles. The molecule has 0 fully saturated rings. The number of hydrogen-bond acceptors (Lipinski definition) is 5.